The first-order chi connectivity index (χ1) is 12.7. The van der Waals surface area contributed by atoms with Gasteiger partial charge in [-0.3, -0.25) is 4.99 Å². The molecule has 154 valence electrons. The van der Waals surface area contributed by atoms with Gasteiger partial charge < -0.3 is 20.3 Å². The molecule has 0 bridgehead atoms. The molecule has 1 aliphatic rings. The van der Waals surface area contributed by atoms with Gasteiger partial charge in [-0.25, -0.2) is 0 Å². The van der Waals surface area contributed by atoms with Crippen LogP contribution in [0.25, 0.3) is 0 Å². The van der Waals surface area contributed by atoms with Crippen LogP contribution in [0.5, 0.6) is 5.75 Å². The molecule has 2 N–H and O–H groups in total. The van der Waals surface area contributed by atoms with Crippen molar-refractivity contribution in [3.63, 3.8) is 0 Å². The first kappa shape index (κ1) is 23.9. The van der Waals surface area contributed by atoms with Gasteiger partial charge in [0.25, 0.3) is 0 Å². The topological polar surface area (TPSA) is 48.9 Å². The van der Waals surface area contributed by atoms with E-state index in [1.165, 1.54) is 38.8 Å². The molecule has 8 heteroatoms. The van der Waals surface area contributed by atoms with Crippen molar-refractivity contribution in [3.8, 4) is 5.75 Å². The van der Waals surface area contributed by atoms with Gasteiger partial charge in [-0.15, -0.1) is 24.0 Å². The van der Waals surface area contributed by atoms with Crippen molar-refractivity contribution in [1.82, 2.24) is 15.5 Å². The third-order valence-corrected chi connectivity index (χ3v) is 4.50. The lowest BCUT2D eigenvalue weighted by Gasteiger charge is -2.20. The highest BCUT2D eigenvalue weighted by molar-refractivity contribution is 14.0. The summed E-state index contributed by atoms with van der Waals surface area (Å²) in [4.78, 5) is 6.72. The van der Waals surface area contributed by atoms with Crippen LogP contribution >= 0.6 is 24.0 Å². The third-order valence-electron chi connectivity index (χ3n) is 4.50. The van der Waals surface area contributed by atoms with Gasteiger partial charge >= 0.3 is 6.61 Å². The highest BCUT2D eigenvalue weighted by Gasteiger charge is 2.10. The molecule has 0 radical (unpaired) electrons. The van der Waals surface area contributed by atoms with Gasteiger partial charge in [-0.2, -0.15) is 8.78 Å². The minimum Gasteiger partial charge on any atom is -0.434 e. The van der Waals surface area contributed by atoms with Crippen LogP contribution in [-0.2, 0) is 6.54 Å². The molecule has 5 nitrogen and oxygen atoms in total. The van der Waals surface area contributed by atoms with E-state index in [0.29, 0.717) is 18.1 Å². The number of halogens is 3. The van der Waals surface area contributed by atoms with Crippen molar-refractivity contribution in [2.45, 2.75) is 45.3 Å². The number of alkyl halides is 2. The van der Waals surface area contributed by atoms with Crippen LogP contribution in [0.1, 0.15) is 37.7 Å². The number of benzene rings is 1. The zero-order chi connectivity index (χ0) is 18.6. The molecular weight excluding hydrogens is 465 g/mol. The second-order valence-corrected chi connectivity index (χ2v) is 6.45. The lowest BCUT2D eigenvalue weighted by molar-refractivity contribution is -0.0504. The van der Waals surface area contributed by atoms with Crippen LogP contribution in [-0.4, -0.2) is 50.7 Å². The molecule has 1 saturated heterocycles. The van der Waals surface area contributed by atoms with E-state index in [9.17, 15) is 8.78 Å². The van der Waals surface area contributed by atoms with Crippen LogP contribution in [0.15, 0.2) is 29.3 Å². The van der Waals surface area contributed by atoms with Crippen LogP contribution in [0.2, 0.25) is 0 Å². The number of nitrogens with zero attached hydrogens (tertiary/aromatic N) is 2. The maximum atomic E-state index is 12.5. The summed E-state index contributed by atoms with van der Waals surface area (Å²) in [6.45, 7) is 1.87. The predicted molar refractivity (Wildman–Crippen MR) is 116 cm³/mol. The summed E-state index contributed by atoms with van der Waals surface area (Å²) >= 11 is 0. The maximum absolute atomic E-state index is 12.5. The molecule has 1 aliphatic heterocycles. The van der Waals surface area contributed by atoms with E-state index in [-0.39, 0.29) is 29.7 Å². The summed E-state index contributed by atoms with van der Waals surface area (Å²) < 4.78 is 29.5. The highest BCUT2D eigenvalue weighted by Crippen LogP contribution is 2.19. The number of hydrogen-bond donors (Lipinski definition) is 2. The first-order valence-electron chi connectivity index (χ1n) is 9.38. The number of aliphatic imine (C=N–C) groups is 1. The smallest absolute Gasteiger partial charge is 0.387 e. The lowest BCUT2D eigenvalue weighted by Crippen LogP contribution is -2.38. The van der Waals surface area contributed by atoms with Crippen LogP contribution in [0.3, 0.4) is 0 Å². The number of hydrogen-bond acceptors (Lipinski definition) is 3. The van der Waals surface area contributed by atoms with Gasteiger partial charge in [0.1, 0.15) is 5.75 Å². The molecular formula is C19H31F2IN4O. The highest BCUT2D eigenvalue weighted by atomic mass is 127. The van der Waals surface area contributed by atoms with E-state index in [2.05, 4.69) is 25.3 Å². The third kappa shape index (κ3) is 9.55. The second kappa shape index (κ2) is 13.9. The number of para-hydroxylation sites is 1. The predicted octanol–water partition coefficient (Wildman–Crippen LogP) is 3.84. The zero-order valence-corrected chi connectivity index (χ0v) is 18.3. The lowest BCUT2D eigenvalue weighted by atomic mass is 10.2. The Morgan fingerprint density at radius 3 is 2.52 bits per heavy atom. The first-order valence-corrected chi connectivity index (χ1v) is 9.38. The summed E-state index contributed by atoms with van der Waals surface area (Å²) in [5, 5.41) is 6.43. The van der Waals surface area contributed by atoms with Crippen molar-refractivity contribution in [2.75, 3.05) is 33.2 Å². The quantitative estimate of drug-likeness (QED) is 0.249. The summed E-state index contributed by atoms with van der Waals surface area (Å²) in [6.07, 6.45) is 6.35. The number of rotatable bonds is 8. The van der Waals surface area contributed by atoms with Gasteiger partial charge in [0.2, 0.25) is 0 Å². The minimum absolute atomic E-state index is 0. The Hall–Kier alpha value is -1.16. The van der Waals surface area contributed by atoms with E-state index in [1.807, 2.05) is 0 Å². The molecule has 0 atom stereocenters. The second-order valence-electron chi connectivity index (χ2n) is 6.45. The van der Waals surface area contributed by atoms with Gasteiger partial charge in [0.05, 0.1) is 0 Å². The zero-order valence-electron chi connectivity index (χ0n) is 15.9. The molecule has 27 heavy (non-hydrogen) atoms. The molecule has 0 aliphatic carbocycles. The van der Waals surface area contributed by atoms with Crippen LogP contribution in [0.4, 0.5) is 8.78 Å². The molecule has 0 saturated carbocycles. The monoisotopic (exact) mass is 496 g/mol. The van der Waals surface area contributed by atoms with E-state index in [1.54, 1.807) is 31.3 Å². The van der Waals surface area contributed by atoms with Crippen molar-refractivity contribution in [2.24, 2.45) is 4.99 Å². The van der Waals surface area contributed by atoms with Crippen LogP contribution < -0.4 is 15.4 Å². The summed E-state index contributed by atoms with van der Waals surface area (Å²) in [5.74, 6) is 0.847. The van der Waals surface area contributed by atoms with Gasteiger partial charge in [0, 0.05) is 25.7 Å². The largest absolute Gasteiger partial charge is 0.434 e. The number of nitrogens with one attached hydrogen (secondary N) is 2. The number of guanidine groups is 1. The van der Waals surface area contributed by atoms with Crippen molar-refractivity contribution < 1.29 is 13.5 Å². The minimum atomic E-state index is -2.83. The van der Waals surface area contributed by atoms with Gasteiger partial charge in [0.15, 0.2) is 5.96 Å². The normalized spacial score (nSPS) is 15.8. The molecule has 1 aromatic carbocycles. The number of ether oxygens (including phenoxy) is 1. The van der Waals surface area contributed by atoms with E-state index in [4.69, 9.17) is 0 Å². The molecule has 1 aromatic rings. The van der Waals surface area contributed by atoms with Crippen LogP contribution in [0, 0.1) is 0 Å². The fraction of sp³-hybridized carbons (Fsp3) is 0.632. The molecule has 1 heterocycles. The Morgan fingerprint density at radius 1 is 1.15 bits per heavy atom. The molecule has 0 unspecified atom stereocenters. The average Bonchev–Trinajstić information content (AvgIpc) is 2.90. The Labute approximate surface area is 178 Å². The Balaban J connectivity index is 0.00000364. The van der Waals surface area contributed by atoms with Crippen molar-refractivity contribution in [1.29, 1.82) is 0 Å². The van der Waals surface area contributed by atoms with Gasteiger partial charge in [-0.1, -0.05) is 31.0 Å². The molecule has 0 aromatic heterocycles. The molecule has 2 rings (SSSR count). The standard InChI is InChI=1S/C19H30F2N4O.HI/c1-22-19(23-11-8-14-25-12-6-2-3-7-13-25)24-15-16-9-4-5-10-17(16)26-18(20)21;/h4-5,9-10,18H,2-3,6-8,11-15H2,1H3,(H2,22,23,24);1H. The molecule has 0 amide bonds. The Morgan fingerprint density at radius 2 is 1.85 bits per heavy atom. The van der Waals surface area contributed by atoms with E-state index in [0.717, 1.165) is 19.5 Å². The van der Waals surface area contributed by atoms with Gasteiger partial charge in [-0.05, 0) is 45.0 Å². The van der Waals surface area contributed by atoms with Crippen molar-refractivity contribution >= 4 is 29.9 Å². The number of likely N-dealkylation sites (tertiary alicyclic amines) is 1. The molecule has 0 spiro atoms. The van der Waals surface area contributed by atoms with E-state index >= 15 is 0 Å². The molecule has 1 fully saturated rings. The SMILES string of the molecule is CN=C(NCCCN1CCCCCC1)NCc1ccccc1OC(F)F.I. The van der Waals surface area contributed by atoms with Crippen molar-refractivity contribution in [3.05, 3.63) is 29.8 Å². The summed E-state index contributed by atoms with van der Waals surface area (Å²) in [6, 6.07) is 6.78. The Bertz CT molecular complexity index is 552. The van der Waals surface area contributed by atoms with E-state index < -0.39 is 6.61 Å². The fourth-order valence-electron chi connectivity index (χ4n) is 3.13. The Kier molecular flexibility index (Phi) is 12.3. The average molecular weight is 496 g/mol. The summed E-state index contributed by atoms with van der Waals surface area (Å²) in [7, 11) is 1.70. The summed E-state index contributed by atoms with van der Waals surface area (Å²) in [5.41, 5.74) is 0.667. The fourth-order valence-corrected chi connectivity index (χ4v) is 3.13. The maximum Gasteiger partial charge on any atom is 0.387 e.